The van der Waals surface area contributed by atoms with Gasteiger partial charge < -0.3 is 79.1 Å². The average molecular weight is 1650 g/mol. The Morgan fingerprint density at radius 2 is 0.878 bits per heavy atom. The van der Waals surface area contributed by atoms with E-state index in [1.807, 2.05) is 218 Å². The summed E-state index contributed by atoms with van der Waals surface area (Å²) in [5.41, 5.74) is 24.5. The van der Waals surface area contributed by atoms with Crippen molar-refractivity contribution in [3.63, 3.8) is 0 Å². The second-order valence-corrected chi connectivity index (χ2v) is 30.7. The smallest absolute Gasteiger partial charge is 0.408 e. The molecule has 5 aliphatic heterocycles. The lowest BCUT2D eigenvalue weighted by atomic mass is 10.1. The number of hydrogen-bond acceptors (Lipinski definition) is 16. The summed E-state index contributed by atoms with van der Waals surface area (Å²) in [5, 5.41) is 17.6. The van der Waals surface area contributed by atoms with Crippen molar-refractivity contribution in [1.82, 2.24) is 88.8 Å². The molecule has 1 unspecified atom stereocenters. The van der Waals surface area contributed by atoms with E-state index in [2.05, 4.69) is 73.9 Å². The molecule has 8 N–H and O–H groups in total. The second kappa shape index (κ2) is 36.0. The van der Waals surface area contributed by atoms with E-state index < -0.39 is 17.7 Å². The molecule has 12 heterocycles. The number of para-hydroxylation sites is 5. The van der Waals surface area contributed by atoms with Crippen LogP contribution in [0, 0.1) is 0 Å². The summed E-state index contributed by atoms with van der Waals surface area (Å²) in [4.78, 5) is 120. The van der Waals surface area contributed by atoms with E-state index in [0.29, 0.717) is 117 Å². The number of nitrogens with two attached hydrogens (primary N) is 1. The zero-order chi connectivity index (χ0) is 84.3. The summed E-state index contributed by atoms with van der Waals surface area (Å²) in [5.74, 6) is 3.29. The number of imidazole rings is 5. The van der Waals surface area contributed by atoms with Gasteiger partial charge in [0, 0.05) is 109 Å². The van der Waals surface area contributed by atoms with Crippen molar-refractivity contribution in [1.29, 1.82) is 0 Å². The van der Waals surface area contributed by atoms with Crippen LogP contribution in [-0.4, -0.2) is 150 Å². The minimum atomic E-state index is -0.603. The lowest BCUT2D eigenvalue weighted by Gasteiger charge is -2.24. The summed E-state index contributed by atoms with van der Waals surface area (Å²) in [7, 11) is 5.24. The highest BCUT2D eigenvalue weighted by molar-refractivity contribution is 6.10. The number of aldehydes is 1. The maximum atomic E-state index is 12.6. The van der Waals surface area contributed by atoms with E-state index in [-0.39, 0.29) is 56.4 Å². The number of carbonyl (C=O) groups is 8. The molecule has 0 bridgehead atoms. The van der Waals surface area contributed by atoms with Gasteiger partial charge in [0.05, 0.1) is 119 Å². The van der Waals surface area contributed by atoms with Gasteiger partial charge in [0.15, 0.2) is 17.9 Å². The maximum Gasteiger partial charge on any atom is 0.408 e. The number of alkyl carbamates (subject to hydrolysis) is 1. The number of ether oxygens (including phenoxy) is 2. The molecule has 15 aromatic rings. The minimum Gasteiger partial charge on any atom is -0.465 e. The lowest BCUT2D eigenvalue weighted by Crippen LogP contribution is -2.37. The van der Waals surface area contributed by atoms with Crippen LogP contribution in [0.5, 0.6) is 0 Å². The van der Waals surface area contributed by atoms with Crippen LogP contribution < -0.4 is 37.6 Å². The molecular formula is C94H97N19O10. The molecule has 0 aliphatic carbocycles. The van der Waals surface area contributed by atoms with Gasteiger partial charge in [0.25, 0.3) is 29.5 Å². The third kappa shape index (κ3) is 17.1. The Labute approximate surface area is 709 Å². The van der Waals surface area contributed by atoms with Gasteiger partial charge in [-0.3, -0.25) is 28.8 Å². The molecule has 0 fully saturated rings. The zero-order valence-corrected chi connectivity index (χ0v) is 67.6. The Balaban J connectivity index is 0.000000125. The quantitative estimate of drug-likeness (QED) is 0.0416. The van der Waals surface area contributed by atoms with E-state index in [1.54, 1.807) is 24.4 Å². The van der Waals surface area contributed by atoms with Crippen LogP contribution in [0.1, 0.15) is 149 Å². The highest BCUT2D eigenvalue weighted by Gasteiger charge is 2.32. The van der Waals surface area contributed by atoms with Crippen molar-refractivity contribution in [3.8, 4) is 34.4 Å². The van der Waals surface area contributed by atoms with E-state index in [1.165, 1.54) is 12.7 Å². The van der Waals surface area contributed by atoms with Crippen molar-refractivity contribution >= 4 is 109 Å². The third-order valence-electron chi connectivity index (χ3n) is 21.7. The summed E-state index contributed by atoms with van der Waals surface area (Å²) in [6.07, 6.45) is 5.21. The molecule has 0 radical (unpaired) electrons. The SMILES string of the molecule is C.C.C=Cc1ccc(-c2nc3cccc4c3n2CCNC4=O)n1C.CC(C)(C)OC(=O)N[C@H](Cc1ccccc1)c1nc2cccc3c2n1CCNC3=O.COC(=O)c1ccc(-c2nc3cccc4c3n2CCNC4=O)cc1.Cn1cc(C=O)cc1-c1nc2cccc3c2n1CCNC3=O.NC(Cc1ccccc1)c1nc2cccc3c2n1CCNC3=O. The van der Waals surface area contributed by atoms with E-state index in [0.717, 1.165) is 119 Å². The molecule has 8 aromatic carbocycles. The largest absolute Gasteiger partial charge is 0.465 e. The lowest BCUT2D eigenvalue weighted by molar-refractivity contribution is 0.0498. The Morgan fingerprint density at radius 1 is 0.488 bits per heavy atom. The van der Waals surface area contributed by atoms with Crippen molar-refractivity contribution in [3.05, 3.63) is 274 Å². The van der Waals surface area contributed by atoms with Crippen molar-refractivity contribution in [2.45, 2.75) is 98.9 Å². The molecule has 123 heavy (non-hydrogen) atoms. The first-order valence-corrected chi connectivity index (χ1v) is 39.9. The van der Waals surface area contributed by atoms with Crippen LogP contribution in [0.2, 0.25) is 0 Å². The number of aryl methyl sites for hydroxylation is 1. The van der Waals surface area contributed by atoms with E-state index >= 15 is 0 Å². The van der Waals surface area contributed by atoms with Gasteiger partial charge in [-0.05, 0) is 135 Å². The number of aromatic nitrogens is 12. The van der Waals surface area contributed by atoms with E-state index in [4.69, 9.17) is 35.1 Å². The fourth-order valence-electron chi connectivity index (χ4n) is 16.2. The van der Waals surface area contributed by atoms with Crippen LogP contribution in [-0.2, 0) is 69.1 Å². The molecular weight excluding hydrogens is 1560 g/mol. The first-order valence-electron chi connectivity index (χ1n) is 39.9. The molecule has 7 aromatic heterocycles. The standard InChI is InChI=1S/C23H26N4O3.C18H18N4O.C18H15N3O3.C17H16N4O.C16H14N4O2.2CH4/c1-23(2,3)30-22(29)26-18(14-15-8-5-4-6-9-15)20-25-17-11-7-10-16-19(17)27(20)13-12-24-21(16)28;19-14(11-12-5-2-1-3-6-12)17-21-15-8-4-7-13-16(15)22(17)10-9-20-18(13)23;1-24-18(23)12-7-5-11(6-8-12)16-20-14-4-2-3-13-15(14)21(16)10-9-19-17(13)22;1-3-11-7-8-14(20(11)2)16-19-13-6-4-5-12-15(13)21(16)10-9-18-17(12)22;1-19-8-10(9-21)7-13(19)15-18-12-4-2-3-11-14(12)20(15)6-5-17-16(11)22;;/h4-11,18H,12-14H2,1-3H3,(H,24,28)(H,26,29);1-8,14H,9-11,19H2,(H,20,23);2-8H,9-10H2,1H3,(H,19,22);3-8H,1,9-10H2,2H3,(H,18,22);2-4,7-9H,5-6H2,1H3,(H,17,22);2*1H4/t18-;;;;;;/m1....../s1. The number of methoxy groups -OCH3 is 1. The minimum absolute atomic E-state index is 0. The fraction of sp³-hybridized carbons (Fsp3) is 0.245. The molecule has 29 heteroatoms. The number of hydrogen-bond donors (Lipinski definition) is 7. The van der Waals surface area contributed by atoms with Gasteiger partial charge in [-0.1, -0.05) is 125 Å². The van der Waals surface area contributed by atoms with Gasteiger partial charge in [-0.25, -0.2) is 34.5 Å². The second-order valence-electron chi connectivity index (χ2n) is 30.7. The topological polar surface area (TPSA) is 352 Å². The number of amides is 6. The van der Waals surface area contributed by atoms with Crippen molar-refractivity contribution < 1.29 is 47.8 Å². The van der Waals surface area contributed by atoms with Gasteiger partial charge in [0.1, 0.15) is 23.1 Å². The third-order valence-corrected chi connectivity index (χ3v) is 21.7. The first-order chi connectivity index (χ1) is 58.6. The molecule has 628 valence electrons. The number of nitrogens with zero attached hydrogens (tertiary/aromatic N) is 12. The number of carbonyl (C=O) groups excluding carboxylic acids is 8. The monoisotopic (exact) mass is 1650 g/mol. The number of nitrogens with one attached hydrogen (secondary N) is 6. The summed E-state index contributed by atoms with van der Waals surface area (Å²) in [6.45, 7) is 15.4. The molecule has 0 saturated carbocycles. The normalized spacial score (nSPS) is 14.1. The van der Waals surface area contributed by atoms with Gasteiger partial charge in [-0.2, -0.15) is 0 Å². The number of benzene rings is 8. The van der Waals surface area contributed by atoms with Gasteiger partial charge in [-0.15, -0.1) is 0 Å². The average Bonchev–Trinajstić information content (AvgIpc) is 1.63. The molecule has 0 saturated heterocycles. The van der Waals surface area contributed by atoms with E-state index in [9.17, 15) is 38.4 Å². The van der Waals surface area contributed by atoms with Crippen LogP contribution >= 0.6 is 0 Å². The molecule has 2 atom stereocenters. The Morgan fingerprint density at radius 3 is 1.29 bits per heavy atom. The first kappa shape index (κ1) is 84.6. The van der Waals surface area contributed by atoms with Crippen LogP contribution in [0.25, 0.3) is 95.7 Å². The van der Waals surface area contributed by atoms with Crippen molar-refractivity contribution in [2.24, 2.45) is 19.8 Å². The predicted molar refractivity (Wildman–Crippen MR) is 474 cm³/mol. The molecule has 0 spiro atoms. The highest BCUT2D eigenvalue weighted by Crippen LogP contribution is 2.35. The fourth-order valence-corrected chi connectivity index (χ4v) is 16.2. The van der Waals surface area contributed by atoms with Gasteiger partial charge in [0.2, 0.25) is 0 Å². The molecule has 6 amide bonds. The predicted octanol–water partition coefficient (Wildman–Crippen LogP) is 13.1. The molecule has 20 rings (SSSR count). The number of rotatable bonds is 13. The highest BCUT2D eigenvalue weighted by atomic mass is 16.6. The molecule has 29 nitrogen and oxygen atoms in total. The summed E-state index contributed by atoms with van der Waals surface area (Å²) in [6, 6.07) is 60.5. The number of esters is 1. The van der Waals surface area contributed by atoms with Gasteiger partial charge >= 0.3 is 12.1 Å². The van der Waals surface area contributed by atoms with Crippen molar-refractivity contribution in [2.75, 3.05) is 39.8 Å². The summed E-state index contributed by atoms with van der Waals surface area (Å²) >= 11 is 0. The Bertz CT molecular complexity index is 6470. The van der Waals surface area contributed by atoms with Crippen LogP contribution in [0.3, 0.4) is 0 Å². The molecule has 5 aliphatic rings. The van der Waals surface area contributed by atoms with Crippen LogP contribution in [0.4, 0.5) is 4.79 Å². The van der Waals surface area contributed by atoms with Crippen LogP contribution in [0.15, 0.2) is 207 Å². The Kier molecular flexibility index (Phi) is 24.7. The maximum absolute atomic E-state index is 12.6. The Hall–Kier alpha value is -14.9. The zero-order valence-electron chi connectivity index (χ0n) is 67.6. The summed E-state index contributed by atoms with van der Waals surface area (Å²) < 4.78 is 24.5.